The van der Waals surface area contributed by atoms with Gasteiger partial charge in [-0.05, 0) is 12.8 Å². The molecule has 98 valence electrons. The Labute approximate surface area is 104 Å². The van der Waals surface area contributed by atoms with E-state index in [9.17, 15) is 4.79 Å². The van der Waals surface area contributed by atoms with Crippen LogP contribution in [0.2, 0.25) is 0 Å². The minimum atomic E-state index is 0.191. The molecular weight excluding hydrogens is 214 g/mol. The van der Waals surface area contributed by atoms with E-state index < -0.39 is 0 Å². The van der Waals surface area contributed by atoms with Crippen molar-refractivity contribution in [3.05, 3.63) is 0 Å². The van der Waals surface area contributed by atoms with Crippen molar-refractivity contribution in [3.63, 3.8) is 0 Å². The van der Waals surface area contributed by atoms with E-state index in [1.165, 1.54) is 0 Å². The molecule has 2 aliphatic rings. The van der Waals surface area contributed by atoms with E-state index in [1.807, 2.05) is 6.92 Å². The molecule has 0 aliphatic carbocycles. The number of rotatable bonds is 3. The van der Waals surface area contributed by atoms with Gasteiger partial charge in [-0.2, -0.15) is 0 Å². The lowest BCUT2D eigenvalue weighted by Gasteiger charge is -2.32. The van der Waals surface area contributed by atoms with E-state index in [1.54, 1.807) is 0 Å². The van der Waals surface area contributed by atoms with E-state index >= 15 is 0 Å². The van der Waals surface area contributed by atoms with Gasteiger partial charge in [0.25, 0.3) is 0 Å². The minimum absolute atomic E-state index is 0.191. The molecule has 1 amide bonds. The third-order valence-electron chi connectivity index (χ3n) is 4.18. The molecule has 2 heterocycles. The summed E-state index contributed by atoms with van der Waals surface area (Å²) in [6.45, 7) is 10.5. The Hall–Kier alpha value is -0.610. The third kappa shape index (κ3) is 2.99. The molecule has 2 unspecified atom stereocenters. The first-order chi connectivity index (χ1) is 8.22. The fourth-order valence-electron chi connectivity index (χ4n) is 2.77. The molecule has 2 saturated heterocycles. The van der Waals surface area contributed by atoms with Crippen molar-refractivity contribution in [2.24, 2.45) is 5.92 Å². The monoisotopic (exact) mass is 239 g/mol. The molecule has 4 nitrogen and oxygen atoms in total. The van der Waals surface area contributed by atoms with Crippen LogP contribution in [0.1, 0.15) is 26.7 Å². The fourth-order valence-corrected chi connectivity index (χ4v) is 2.77. The molecule has 17 heavy (non-hydrogen) atoms. The summed E-state index contributed by atoms with van der Waals surface area (Å²) in [7, 11) is 0. The zero-order valence-electron chi connectivity index (χ0n) is 11.1. The van der Waals surface area contributed by atoms with Crippen molar-refractivity contribution in [1.29, 1.82) is 0 Å². The van der Waals surface area contributed by atoms with Crippen LogP contribution in [0.25, 0.3) is 0 Å². The molecule has 2 rings (SSSR count). The van der Waals surface area contributed by atoms with Gasteiger partial charge >= 0.3 is 0 Å². The lowest BCUT2D eigenvalue weighted by molar-refractivity contribution is -0.134. The number of likely N-dealkylation sites (tertiary alicyclic amines) is 1. The predicted molar refractivity (Wildman–Crippen MR) is 68.9 cm³/mol. The van der Waals surface area contributed by atoms with Crippen molar-refractivity contribution < 1.29 is 4.79 Å². The van der Waals surface area contributed by atoms with Crippen LogP contribution in [0.5, 0.6) is 0 Å². The SMILES string of the molecule is CCC(C)C(=O)N1CCC(N2CCNCC2)C1. The zero-order chi connectivity index (χ0) is 12.3. The Morgan fingerprint density at radius 1 is 1.35 bits per heavy atom. The van der Waals surface area contributed by atoms with Crippen molar-refractivity contribution in [3.8, 4) is 0 Å². The molecule has 2 atom stereocenters. The first-order valence-electron chi connectivity index (χ1n) is 6.96. The molecule has 0 bridgehead atoms. The summed E-state index contributed by atoms with van der Waals surface area (Å²) < 4.78 is 0. The Morgan fingerprint density at radius 2 is 2.06 bits per heavy atom. The van der Waals surface area contributed by atoms with Crippen LogP contribution in [-0.2, 0) is 4.79 Å². The maximum atomic E-state index is 12.1. The number of hydrogen-bond acceptors (Lipinski definition) is 3. The summed E-state index contributed by atoms with van der Waals surface area (Å²) in [5.74, 6) is 0.543. The van der Waals surface area contributed by atoms with Gasteiger partial charge in [0.1, 0.15) is 0 Å². The molecule has 0 radical (unpaired) electrons. The number of carbonyl (C=O) groups excluding carboxylic acids is 1. The van der Waals surface area contributed by atoms with E-state index in [4.69, 9.17) is 0 Å². The van der Waals surface area contributed by atoms with Crippen LogP contribution in [0.15, 0.2) is 0 Å². The minimum Gasteiger partial charge on any atom is -0.341 e. The van der Waals surface area contributed by atoms with Crippen molar-refractivity contribution >= 4 is 5.91 Å². The summed E-state index contributed by atoms with van der Waals surface area (Å²) in [6.07, 6.45) is 2.11. The second kappa shape index (κ2) is 5.83. The molecule has 4 heteroatoms. The second-order valence-electron chi connectivity index (χ2n) is 5.32. The predicted octanol–water partition coefficient (Wildman–Crippen LogP) is 0.539. The highest BCUT2D eigenvalue weighted by Gasteiger charge is 2.31. The molecule has 0 aromatic heterocycles. The third-order valence-corrected chi connectivity index (χ3v) is 4.18. The summed E-state index contributed by atoms with van der Waals surface area (Å²) >= 11 is 0. The maximum absolute atomic E-state index is 12.1. The maximum Gasteiger partial charge on any atom is 0.225 e. The van der Waals surface area contributed by atoms with Gasteiger partial charge in [-0.3, -0.25) is 9.69 Å². The summed E-state index contributed by atoms with van der Waals surface area (Å²) in [4.78, 5) is 16.7. The van der Waals surface area contributed by atoms with E-state index in [2.05, 4.69) is 22.0 Å². The van der Waals surface area contributed by atoms with Gasteiger partial charge in [-0.15, -0.1) is 0 Å². The van der Waals surface area contributed by atoms with E-state index in [0.717, 1.165) is 52.1 Å². The number of nitrogens with zero attached hydrogens (tertiary/aromatic N) is 2. The average molecular weight is 239 g/mol. The summed E-state index contributed by atoms with van der Waals surface area (Å²) in [5.41, 5.74) is 0. The highest BCUT2D eigenvalue weighted by Crippen LogP contribution is 2.19. The largest absolute Gasteiger partial charge is 0.341 e. The lowest BCUT2D eigenvalue weighted by Crippen LogP contribution is -2.49. The van der Waals surface area contributed by atoms with Crippen molar-refractivity contribution in [2.45, 2.75) is 32.7 Å². The Balaban J connectivity index is 1.84. The topological polar surface area (TPSA) is 35.6 Å². The Morgan fingerprint density at radius 3 is 2.71 bits per heavy atom. The second-order valence-corrected chi connectivity index (χ2v) is 5.32. The van der Waals surface area contributed by atoms with Gasteiger partial charge in [0.15, 0.2) is 0 Å². The van der Waals surface area contributed by atoms with Crippen LogP contribution >= 0.6 is 0 Å². The van der Waals surface area contributed by atoms with Gasteiger partial charge in [0, 0.05) is 51.2 Å². The van der Waals surface area contributed by atoms with E-state index in [0.29, 0.717) is 11.9 Å². The molecule has 2 aliphatic heterocycles. The number of piperazine rings is 1. The van der Waals surface area contributed by atoms with Crippen LogP contribution in [0, 0.1) is 5.92 Å². The lowest BCUT2D eigenvalue weighted by atomic mass is 10.1. The molecule has 2 fully saturated rings. The van der Waals surface area contributed by atoms with Gasteiger partial charge in [-0.25, -0.2) is 0 Å². The van der Waals surface area contributed by atoms with Crippen LogP contribution in [0.4, 0.5) is 0 Å². The molecule has 1 N–H and O–H groups in total. The highest BCUT2D eigenvalue weighted by atomic mass is 16.2. The summed E-state index contributed by atoms with van der Waals surface area (Å²) in [6, 6.07) is 0.602. The smallest absolute Gasteiger partial charge is 0.225 e. The first-order valence-corrected chi connectivity index (χ1v) is 6.96. The Kier molecular flexibility index (Phi) is 4.40. The zero-order valence-corrected chi connectivity index (χ0v) is 11.1. The summed E-state index contributed by atoms with van der Waals surface area (Å²) in [5, 5.41) is 3.38. The number of amides is 1. The van der Waals surface area contributed by atoms with Crippen LogP contribution in [0.3, 0.4) is 0 Å². The number of carbonyl (C=O) groups is 1. The average Bonchev–Trinajstić information content (AvgIpc) is 2.87. The quantitative estimate of drug-likeness (QED) is 0.781. The van der Waals surface area contributed by atoms with Gasteiger partial charge in [0.05, 0.1) is 0 Å². The van der Waals surface area contributed by atoms with Crippen LogP contribution < -0.4 is 5.32 Å². The normalized spacial score (nSPS) is 28.4. The number of hydrogen-bond donors (Lipinski definition) is 1. The number of nitrogens with one attached hydrogen (secondary N) is 1. The van der Waals surface area contributed by atoms with E-state index in [-0.39, 0.29) is 5.92 Å². The molecular formula is C13H25N3O. The van der Waals surface area contributed by atoms with Gasteiger partial charge in [0.2, 0.25) is 5.91 Å². The van der Waals surface area contributed by atoms with Crippen molar-refractivity contribution in [1.82, 2.24) is 15.1 Å². The first kappa shape index (κ1) is 12.8. The molecule has 0 aromatic rings. The van der Waals surface area contributed by atoms with Crippen molar-refractivity contribution in [2.75, 3.05) is 39.3 Å². The molecule has 0 aromatic carbocycles. The van der Waals surface area contributed by atoms with Gasteiger partial charge in [-0.1, -0.05) is 13.8 Å². The Bertz CT molecular complexity index is 263. The van der Waals surface area contributed by atoms with Crippen LogP contribution in [-0.4, -0.2) is 61.0 Å². The standard InChI is InChI=1S/C13H25N3O/c1-3-11(2)13(17)16-7-4-12(10-16)15-8-5-14-6-9-15/h11-12,14H,3-10H2,1-2H3. The molecule has 0 spiro atoms. The molecule has 0 saturated carbocycles. The van der Waals surface area contributed by atoms with Gasteiger partial charge < -0.3 is 10.2 Å². The fraction of sp³-hybridized carbons (Fsp3) is 0.923. The highest BCUT2D eigenvalue weighted by molar-refractivity contribution is 5.78.